The van der Waals surface area contributed by atoms with E-state index in [0.717, 1.165) is 31.4 Å². The van der Waals surface area contributed by atoms with Crippen molar-refractivity contribution in [2.24, 2.45) is 5.41 Å². The summed E-state index contributed by atoms with van der Waals surface area (Å²) in [7, 11) is 0. The minimum Gasteiger partial charge on any atom is -0.508 e. The van der Waals surface area contributed by atoms with Crippen molar-refractivity contribution >= 4 is 27.1 Å². The number of aromatic hydroxyl groups is 1. The lowest BCUT2D eigenvalue weighted by Gasteiger charge is -2.42. The fourth-order valence-corrected chi connectivity index (χ4v) is 4.49. The lowest BCUT2D eigenvalue weighted by atomic mass is 9.73. The van der Waals surface area contributed by atoms with Crippen LogP contribution < -0.4 is 0 Å². The zero-order valence-electron chi connectivity index (χ0n) is 14.1. The van der Waals surface area contributed by atoms with E-state index in [4.69, 9.17) is 4.74 Å². The molecule has 3 aromatic rings. The van der Waals surface area contributed by atoms with Gasteiger partial charge in [-0.2, -0.15) is 0 Å². The van der Waals surface area contributed by atoms with Gasteiger partial charge in [0.2, 0.25) is 0 Å². The SMILES string of the molecule is C=CCC1(C2=CCc3c2ccc2c3ccc3cc(O)ccc32)COC1. The van der Waals surface area contributed by atoms with Crippen LogP contribution in [0.3, 0.4) is 0 Å². The Morgan fingerprint density at radius 1 is 1.04 bits per heavy atom. The summed E-state index contributed by atoms with van der Waals surface area (Å²) in [5.41, 5.74) is 4.33. The summed E-state index contributed by atoms with van der Waals surface area (Å²) in [6.07, 6.45) is 6.34. The topological polar surface area (TPSA) is 29.5 Å². The molecule has 0 aromatic heterocycles. The monoisotopic (exact) mass is 328 g/mol. The van der Waals surface area contributed by atoms with E-state index >= 15 is 0 Å². The molecule has 5 rings (SSSR count). The first-order chi connectivity index (χ1) is 12.2. The van der Waals surface area contributed by atoms with Gasteiger partial charge < -0.3 is 9.84 Å². The third kappa shape index (κ3) is 2.01. The highest BCUT2D eigenvalue weighted by Crippen LogP contribution is 2.49. The van der Waals surface area contributed by atoms with Crippen molar-refractivity contribution in [3.8, 4) is 5.75 Å². The Kier molecular flexibility index (Phi) is 3.07. The minimum atomic E-state index is 0.114. The van der Waals surface area contributed by atoms with E-state index in [1.807, 2.05) is 18.2 Å². The van der Waals surface area contributed by atoms with Crippen LogP contribution >= 0.6 is 0 Å². The normalized spacial score (nSPS) is 18.0. The number of phenols is 1. The molecule has 1 aliphatic heterocycles. The molecule has 0 bridgehead atoms. The molecular weight excluding hydrogens is 308 g/mol. The van der Waals surface area contributed by atoms with Gasteiger partial charge in [-0.25, -0.2) is 0 Å². The van der Waals surface area contributed by atoms with Crippen LogP contribution in [-0.4, -0.2) is 18.3 Å². The van der Waals surface area contributed by atoms with E-state index < -0.39 is 0 Å². The second kappa shape index (κ2) is 5.21. The molecule has 1 aliphatic carbocycles. The molecule has 0 saturated carbocycles. The number of allylic oxidation sites excluding steroid dienone is 2. The van der Waals surface area contributed by atoms with Gasteiger partial charge in [0, 0.05) is 5.41 Å². The van der Waals surface area contributed by atoms with Crippen molar-refractivity contribution in [3.63, 3.8) is 0 Å². The summed E-state index contributed by atoms with van der Waals surface area (Å²) in [5.74, 6) is 0.313. The van der Waals surface area contributed by atoms with Crippen LogP contribution in [-0.2, 0) is 11.2 Å². The summed E-state index contributed by atoms with van der Waals surface area (Å²) in [6, 6.07) is 14.4. The molecule has 3 aromatic carbocycles. The van der Waals surface area contributed by atoms with Crippen molar-refractivity contribution in [2.45, 2.75) is 12.8 Å². The molecule has 0 radical (unpaired) electrons. The van der Waals surface area contributed by atoms with Gasteiger partial charge in [0.15, 0.2) is 0 Å². The molecule has 2 heteroatoms. The first-order valence-electron chi connectivity index (χ1n) is 8.79. The Labute approximate surface area is 147 Å². The predicted octanol–water partition coefficient (Wildman–Crippen LogP) is 5.23. The van der Waals surface area contributed by atoms with Crippen LogP contribution in [0.15, 0.2) is 61.2 Å². The Hall–Kier alpha value is -2.58. The molecule has 1 N–H and O–H groups in total. The second-order valence-corrected chi connectivity index (χ2v) is 7.25. The smallest absolute Gasteiger partial charge is 0.116 e. The molecule has 2 nitrogen and oxygen atoms in total. The van der Waals surface area contributed by atoms with Crippen molar-refractivity contribution in [1.82, 2.24) is 0 Å². The number of hydrogen-bond acceptors (Lipinski definition) is 2. The quantitative estimate of drug-likeness (QED) is 0.527. The van der Waals surface area contributed by atoms with Crippen molar-refractivity contribution < 1.29 is 9.84 Å². The lowest BCUT2D eigenvalue weighted by molar-refractivity contribution is -0.0732. The van der Waals surface area contributed by atoms with Gasteiger partial charge in [-0.1, -0.05) is 42.5 Å². The van der Waals surface area contributed by atoms with Gasteiger partial charge >= 0.3 is 0 Å². The maximum Gasteiger partial charge on any atom is 0.116 e. The van der Waals surface area contributed by atoms with Gasteiger partial charge in [0.05, 0.1) is 13.2 Å². The molecule has 1 heterocycles. The van der Waals surface area contributed by atoms with E-state index in [-0.39, 0.29) is 5.41 Å². The maximum atomic E-state index is 9.74. The molecule has 1 saturated heterocycles. The highest BCUT2D eigenvalue weighted by molar-refractivity contribution is 6.10. The molecule has 0 atom stereocenters. The van der Waals surface area contributed by atoms with E-state index in [0.29, 0.717) is 5.75 Å². The van der Waals surface area contributed by atoms with Crippen molar-refractivity contribution in [2.75, 3.05) is 13.2 Å². The molecule has 0 amide bonds. The first-order valence-corrected chi connectivity index (χ1v) is 8.79. The number of fused-ring (bicyclic) bond motifs is 5. The summed E-state index contributed by atoms with van der Waals surface area (Å²) in [5, 5.41) is 14.6. The highest BCUT2D eigenvalue weighted by Gasteiger charge is 2.43. The van der Waals surface area contributed by atoms with Crippen LogP contribution in [0.2, 0.25) is 0 Å². The third-order valence-corrected chi connectivity index (χ3v) is 5.78. The average molecular weight is 328 g/mol. The Morgan fingerprint density at radius 3 is 2.60 bits per heavy atom. The van der Waals surface area contributed by atoms with E-state index in [9.17, 15) is 5.11 Å². The minimum absolute atomic E-state index is 0.114. The molecule has 0 spiro atoms. The largest absolute Gasteiger partial charge is 0.508 e. The van der Waals surface area contributed by atoms with Crippen LogP contribution in [0.4, 0.5) is 0 Å². The summed E-state index contributed by atoms with van der Waals surface area (Å²) < 4.78 is 5.56. The number of rotatable bonds is 3. The average Bonchev–Trinajstić information content (AvgIpc) is 3.02. The first kappa shape index (κ1) is 14.7. The summed E-state index contributed by atoms with van der Waals surface area (Å²) >= 11 is 0. The van der Waals surface area contributed by atoms with Crippen molar-refractivity contribution in [1.29, 1.82) is 0 Å². The van der Waals surface area contributed by atoms with Crippen LogP contribution in [0.25, 0.3) is 27.1 Å². The summed E-state index contributed by atoms with van der Waals surface area (Å²) in [6.45, 7) is 5.52. The summed E-state index contributed by atoms with van der Waals surface area (Å²) in [4.78, 5) is 0. The number of hydrogen-bond donors (Lipinski definition) is 1. The van der Waals surface area contributed by atoms with Crippen LogP contribution in [0, 0.1) is 5.41 Å². The van der Waals surface area contributed by atoms with E-state index in [1.54, 1.807) is 6.07 Å². The maximum absolute atomic E-state index is 9.74. The fourth-order valence-electron chi connectivity index (χ4n) is 4.49. The Balaban J connectivity index is 1.70. The van der Waals surface area contributed by atoms with Gasteiger partial charge in [-0.3, -0.25) is 0 Å². The van der Waals surface area contributed by atoms with Crippen LogP contribution in [0.5, 0.6) is 5.75 Å². The van der Waals surface area contributed by atoms with E-state index in [1.165, 1.54) is 32.9 Å². The molecule has 124 valence electrons. The Bertz CT molecular complexity index is 1050. The predicted molar refractivity (Wildman–Crippen MR) is 103 cm³/mol. The van der Waals surface area contributed by atoms with Crippen LogP contribution in [0.1, 0.15) is 17.5 Å². The van der Waals surface area contributed by atoms with Gasteiger partial charge in [-0.05, 0) is 63.2 Å². The molecule has 1 fully saturated rings. The molecule has 2 aliphatic rings. The van der Waals surface area contributed by atoms with Gasteiger partial charge in [0.1, 0.15) is 5.75 Å². The number of phenolic OH excluding ortho intramolecular Hbond substituents is 1. The van der Waals surface area contributed by atoms with Gasteiger partial charge in [0.25, 0.3) is 0 Å². The zero-order chi connectivity index (χ0) is 17.0. The number of ether oxygens (including phenoxy) is 1. The lowest BCUT2D eigenvalue weighted by Crippen LogP contribution is -2.42. The number of benzene rings is 3. The zero-order valence-corrected chi connectivity index (χ0v) is 14.1. The molecule has 25 heavy (non-hydrogen) atoms. The fraction of sp³-hybridized carbons (Fsp3) is 0.217. The third-order valence-electron chi connectivity index (χ3n) is 5.78. The van der Waals surface area contributed by atoms with Gasteiger partial charge in [-0.15, -0.1) is 6.58 Å². The second-order valence-electron chi connectivity index (χ2n) is 7.25. The highest BCUT2D eigenvalue weighted by atomic mass is 16.5. The molecular formula is C23H20O2. The van der Waals surface area contributed by atoms with Crippen molar-refractivity contribution in [3.05, 3.63) is 72.3 Å². The molecule has 0 unspecified atom stereocenters. The van der Waals surface area contributed by atoms with E-state index in [2.05, 4.69) is 36.9 Å². The Morgan fingerprint density at radius 2 is 1.84 bits per heavy atom. The standard InChI is InChI=1S/C23H20O2/c1-2-11-23(13-25-14-23)22-10-9-20-19-5-3-15-12-16(24)4-6-17(15)18(19)7-8-21(20)22/h2-8,10,12,24H,1,9,11,13-14H2.